The molecular formula is C11H15N2. The van der Waals surface area contributed by atoms with E-state index in [4.69, 9.17) is 0 Å². The number of hydrogen-bond donors (Lipinski definition) is 0. The molecule has 2 nitrogen and oxygen atoms in total. The first-order valence-corrected chi connectivity index (χ1v) is 4.96. The zero-order chi connectivity index (χ0) is 9.10. The van der Waals surface area contributed by atoms with Crippen LogP contribution in [0.5, 0.6) is 0 Å². The maximum absolute atomic E-state index is 4.60. The van der Waals surface area contributed by atoms with E-state index >= 15 is 0 Å². The summed E-state index contributed by atoms with van der Waals surface area (Å²) in [7, 11) is 0. The van der Waals surface area contributed by atoms with Crippen LogP contribution in [0.1, 0.15) is 36.6 Å². The lowest BCUT2D eigenvalue weighted by Gasteiger charge is -2.22. The Kier molecular flexibility index (Phi) is 2.60. The smallest absolute Gasteiger partial charge is 0.0670 e. The van der Waals surface area contributed by atoms with Gasteiger partial charge < -0.3 is 0 Å². The van der Waals surface area contributed by atoms with Crippen LogP contribution in [-0.4, -0.2) is 11.5 Å². The molecule has 1 aliphatic heterocycles. The summed E-state index contributed by atoms with van der Waals surface area (Å²) in [6.45, 7) is 3.13. The summed E-state index contributed by atoms with van der Waals surface area (Å²) in [5, 5.41) is 4.60. The molecular weight excluding hydrogens is 160 g/mol. The summed E-state index contributed by atoms with van der Waals surface area (Å²) < 4.78 is 0. The maximum atomic E-state index is 4.60. The lowest BCUT2D eigenvalue weighted by Crippen LogP contribution is -2.21. The van der Waals surface area contributed by atoms with Crippen molar-refractivity contribution in [3.8, 4) is 0 Å². The van der Waals surface area contributed by atoms with Crippen LogP contribution in [0, 0.1) is 6.92 Å². The van der Waals surface area contributed by atoms with Crippen molar-refractivity contribution in [2.45, 2.75) is 32.2 Å². The summed E-state index contributed by atoms with van der Waals surface area (Å²) in [6.07, 6.45) is 5.59. The monoisotopic (exact) mass is 175 g/mol. The van der Waals surface area contributed by atoms with Gasteiger partial charge in [-0.25, -0.2) is 5.32 Å². The zero-order valence-electron chi connectivity index (χ0n) is 8.03. The fourth-order valence-corrected chi connectivity index (χ4v) is 1.86. The van der Waals surface area contributed by atoms with E-state index in [0.717, 1.165) is 6.54 Å². The minimum Gasteiger partial charge on any atom is -0.259 e. The van der Waals surface area contributed by atoms with Gasteiger partial charge in [-0.05, 0) is 31.4 Å². The summed E-state index contributed by atoms with van der Waals surface area (Å²) >= 11 is 0. The van der Waals surface area contributed by atoms with Crippen molar-refractivity contribution < 1.29 is 0 Å². The Morgan fingerprint density at radius 1 is 1.38 bits per heavy atom. The van der Waals surface area contributed by atoms with Crippen molar-refractivity contribution in [1.82, 2.24) is 10.3 Å². The van der Waals surface area contributed by atoms with Crippen LogP contribution in [0.4, 0.5) is 0 Å². The topological polar surface area (TPSA) is 27.0 Å². The van der Waals surface area contributed by atoms with Gasteiger partial charge in [0.1, 0.15) is 0 Å². The molecule has 0 N–H and O–H groups in total. The normalized spacial score (nSPS) is 23.0. The highest BCUT2D eigenvalue weighted by Gasteiger charge is 2.18. The first-order valence-electron chi connectivity index (χ1n) is 4.96. The molecule has 1 unspecified atom stereocenters. The van der Waals surface area contributed by atoms with Crippen LogP contribution in [-0.2, 0) is 0 Å². The van der Waals surface area contributed by atoms with Gasteiger partial charge in [-0.3, -0.25) is 4.98 Å². The SMILES string of the molecule is Cc1cccnc1C1CCCC[N]1. The molecule has 0 amide bonds. The van der Waals surface area contributed by atoms with E-state index in [1.54, 1.807) is 0 Å². The van der Waals surface area contributed by atoms with Crippen LogP contribution < -0.4 is 5.32 Å². The Morgan fingerprint density at radius 3 is 3.00 bits per heavy atom. The molecule has 0 aliphatic carbocycles. The van der Waals surface area contributed by atoms with Gasteiger partial charge >= 0.3 is 0 Å². The molecule has 1 fully saturated rings. The van der Waals surface area contributed by atoms with Crippen molar-refractivity contribution in [3.05, 3.63) is 29.6 Å². The summed E-state index contributed by atoms with van der Waals surface area (Å²) in [6, 6.07) is 4.48. The number of nitrogens with zero attached hydrogens (tertiary/aromatic N) is 2. The second-order valence-electron chi connectivity index (χ2n) is 3.62. The van der Waals surface area contributed by atoms with E-state index in [2.05, 4.69) is 23.3 Å². The van der Waals surface area contributed by atoms with Crippen molar-refractivity contribution in [2.75, 3.05) is 6.54 Å². The van der Waals surface area contributed by atoms with Crippen molar-refractivity contribution in [1.29, 1.82) is 0 Å². The third-order valence-corrected chi connectivity index (χ3v) is 2.60. The van der Waals surface area contributed by atoms with E-state index in [9.17, 15) is 0 Å². The predicted octanol–water partition coefficient (Wildman–Crippen LogP) is 2.22. The molecule has 1 aromatic heterocycles. The molecule has 13 heavy (non-hydrogen) atoms. The second-order valence-corrected chi connectivity index (χ2v) is 3.62. The Hall–Kier alpha value is -0.890. The van der Waals surface area contributed by atoms with Gasteiger partial charge in [-0.15, -0.1) is 0 Å². The highest BCUT2D eigenvalue weighted by atomic mass is 14.9. The standard InChI is InChI=1S/C11H15N2/c1-9-5-4-8-13-11(9)10-6-2-3-7-12-10/h4-5,8,10H,2-3,6-7H2,1H3. The number of piperidine rings is 1. The number of pyridine rings is 1. The number of aryl methyl sites for hydroxylation is 1. The highest BCUT2D eigenvalue weighted by molar-refractivity contribution is 5.21. The third kappa shape index (κ3) is 1.89. The molecule has 1 radical (unpaired) electrons. The van der Waals surface area contributed by atoms with Crippen molar-refractivity contribution in [3.63, 3.8) is 0 Å². The number of hydrogen-bond acceptors (Lipinski definition) is 1. The predicted molar refractivity (Wildman–Crippen MR) is 52.6 cm³/mol. The fourth-order valence-electron chi connectivity index (χ4n) is 1.86. The zero-order valence-corrected chi connectivity index (χ0v) is 8.03. The van der Waals surface area contributed by atoms with E-state index in [-0.39, 0.29) is 0 Å². The second kappa shape index (κ2) is 3.88. The summed E-state index contributed by atoms with van der Waals surface area (Å²) in [4.78, 5) is 4.41. The molecule has 0 saturated carbocycles. The Labute approximate surface area is 79.4 Å². The molecule has 2 heteroatoms. The summed E-state index contributed by atoms with van der Waals surface area (Å²) in [5.74, 6) is 0. The number of rotatable bonds is 1. The van der Waals surface area contributed by atoms with Crippen LogP contribution in [0.15, 0.2) is 18.3 Å². The van der Waals surface area contributed by atoms with Crippen molar-refractivity contribution >= 4 is 0 Å². The molecule has 1 aromatic rings. The van der Waals surface area contributed by atoms with E-state index in [0.29, 0.717) is 6.04 Å². The third-order valence-electron chi connectivity index (χ3n) is 2.60. The molecule has 69 valence electrons. The lowest BCUT2D eigenvalue weighted by molar-refractivity contribution is 0.395. The molecule has 0 spiro atoms. The Morgan fingerprint density at radius 2 is 2.31 bits per heavy atom. The van der Waals surface area contributed by atoms with Gasteiger partial charge in [0.05, 0.1) is 11.7 Å². The largest absolute Gasteiger partial charge is 0.259 e. The Balaban J connectivity index is 2.18. The molecule has 1 atom stereocenters. The number of aromatic nitrogens is 1. The van der Waals surface area contributed by atoms with Gasteiger partial charge in [0, 0.05) is 12.7 Å². The maximum Gasteiger partial charge on any atom is 0.0670 e. The van der Waals surface area contributed by atoms with Crippen LogP contribution in [0.25, 0.3) is 0 Å². The van der Waals surface area contributed by atoms with Gasteiger partial charge in [0.15, 0.2) is 0 Å². The average molecular weight is 175 g/mol. The van der Waals surface area contributed by atoms with E-state index in [1.807, 2.05) is 12.3 Å². The molecule has 2 rings (SSSR count). The molecule has 0 aromatic carbocycles. The quantitative estimate of drug-likeness (QED) is 0.643. The summed E-state index contributed by atoms with van der Waals surface area (Å²) in [5.41, 5.74) is 2.46. The lowest BCUT2D eigenvalue weighted by atomic mass is 9.99. The molecule has 2 heterocycles. The fraction of sp³-hybridized carbons (Fsp3) is 0.545. The van der Waals surface area contributed by atoms with Gasteiger partial charge in [0.25, 0.3) is 0 Å². The van der Waals surface area contributed by atoms with Crippen LogP contribution in [0.2, 0.25) is 0 Å². The van der Waals surface area contributed by atoms with Crippen molar-refractivity contribution in [2.24, 2.45) is 0 Å². The average Bonchev–Trinajstić information content (AvgIpc) is 2.20. The molecule has 1 saturated heterocycles. The minimum absolute atomic E-state index is 0.370. The first kappa shape index (κ1) is 8.70. The van der Waals surface area contributed by atoms with E-state index in [1.165, 1.54) is 30.5 Å². The minimum atomic E-state index is 0.370. The van der Waals surface area contributed by atoms with Crippen LogP contribution in [0.3, 0.4) is 0 Å². The molecule has 0 bridgehead atoms. The van der Waals surface area contributed by atoms with Crippen LogP contribution >= 0.6 is 0 Å². The highest BCUT2D eigenvalue weighted by Crippen LogP contribution is 2.24. The van der Waals surface area contributed by atoms with E-state index < -0.39 is 0 Å². The Bertz CT molecular complexity index is 277. The first-order chi connectivity index (χ1) is 6.38. The van der Waals surface area contributed by atoms with Gasteiger partial charge in [0.2, 0.25) is 0 Å². The van der Waals surface area contributed by atoms with Gasteiger partial charge in [-0.2, -0.15) is 0 Å². The van der Waals surface area contributed by atoms with Gasteiger partial charge in [-0.1, -0.05) is 12.5 Å². The molecule has 1 aliphatic rings.